The van der Waals surface area contributed by atoms with Gasteiger partial charge >= 0.3 is 5.97 Å². The maximum absolute atomic E-state index is 14.4. The first-order valence-electron chi connectivity index (χ1n) is 29.8. The van der Waals surface area contributed by atoms with Crippen LogP contribution in [0.5, 0.6) is 0 Å². The van der Waals surface area contributed by atoms with Gasteiger partial charge in [0.25, 0.3) is 0 Å². The van der Waals surface area contributed by atoms with Gasteiger partial charge in [-0.3, -0.25) is 57.7 Å². The summed E-state index contributed by atoms with van der Waals surface area (Å²) in [6.45, 7) is 19.6. The number of nitrogens with zero attached hydrogens (tertiary/aromatic N) is 1. The van der Waals surface area contributed by atoms with E-state index in [0.717, 1.165) is 5.56 Å². The number of carbonyl (C=O) groups excluding carboxylic acids is 12. The van der Waals surface area contributed by atoms with Gasteiger partial charge in [-0.15, -0.1) is 0 Å². The van der Waals surface area contributed by atoms with Crippen molar-refractivity contribution < 1.29 is 62.3 Å². The van der Waals surface area contributed by atoms with Crippen molar-refractivity contribution in [3.8, 4) is 0 Å². The number of amides is 11. The monoisotopic (exact) mass is 1210 g/mol. The first kappa shape index (κ1) is 72.3. The van der Waals surface area contributed by atoms with Gasteiger partial charge in [0.05, 0.1) is 18.6 Å². The van der Waals surface area contributed by atoms with Crippen LogP contribution in [0.25, 0.3) is 0 Å². The summed E-state index contributed by atoms with van der Waals surface area (Å²) < 4.78 is 5.76. The number of esters is 1. The first-order chi connectivity index (χ1) is 40.5. The average molecular weight is 1210 g/mol. The van der Waals surface area contributed by atoms with E-state index in [4.69, 9.17) is 16.2 Å². The summed E-state index contributed by atoms with van der Waals surface area (Å²) in [6, 6.07) is -5.04. The number of guanidine groups is 1. The molecule has 0 aliphatic carbocycles. The zero-order valence-corrected chi connectivity index (χ0v) is 52.0. The van der Waals surface area contributed by atoms with E-state index in [-0.39, 0.29) is 37.7 Å². The van der Waals surface area contributed by atoms with E-state index in [1.54, 1.807) is 55.5 Å². The van der Waals surface area contributed by atoms with Gasteiger partial charge in [-0.25, -0.2) is 4.79 Å². The van der Waals surface area contributed by atoms with Crippen molar-refractivity contribution in [2.75, 3.05) is 13.6 Å². The molecule has 28 nitrogen and oxygen atoms in total. The van der Waals surface area contributed by atoms with Crippen LogP contribution >= 0.6 is 0 Å². The third-order valence-electron chi connectivity index (χ3n) is 16.0. The molecule has 17 atom stereocenters. The third-order valence-corrected chi connectivity index (χ3v) is 16.0. The van der Waals surface area contributed by atoms with E-state index < -0.39 is 167 Å². The summed E-state index contributed by atoms with van der Waals surface area (Å²) in [4.78, 5) is 169. The van der Waals surface area contributed by atoms with Gasteiger partial charge in [-0.1, -0.05) is 111 Å². The molecule has 2 heterocycles. The van der Waals surface area contributed by atoms with Crippen LogP contribution in [0.4, 0.5) is 0 Å². The fourth-order valence-corrected chi connectivity index (χ4v) is 9.37. The normalized spacial score (nSPS) is 23.0. The Hall–Kier alpha value is -7.91. The SMILES string of the molecule is CC[C@H](C)[C@H](NC(=O)[C@@H](Cc1ccccc1)NC)C(=O)N[C@@H](C)C(=O)N[C@H](CCC(N)=O)C(=O)N[C@@H](C(=O)N[C@H](C(=O)N[C@@H](C)C(=O)N[C@H]1C(=O)N[C@@H](C)C(=O)N[C@@H](C[C@H]2CN=C(N)N2)C(=O)N[C@@H]([C@@H](C)CC)C(=O)O[C@H]1C)[C@@H](C)CC)[C@@H](C)CC. The van der Waals surface area contributed by atoms with E-state index in [9.17, 15) is 57.5 Å². The molecule has 16 N–H and O–H groups in total. The number of likely N-dealkylation sites (N-methyl/N-ethyl adjacent to an activating group) is 1. The number of rotatable bonds is 30. The molecule has 28 heteroatoms. The van der Waals surface area contributed by atoms with Crippen molar-refractivity contribution in [3.63, 3.8) is 0 Å². The Morgan fingerprint density at radius 1 is 0.616 bits per heavy atom. The lowest BCUT2D eigenvalue weighted by Crippen LogP contribution is -2.62. The fraction of sp³-hybridized carbons (Fsp3) is 0.672. The van der Waals surface area contributed by atoms with Gasteiger partial charge in [0, 0.05) is 6.42 Å². The molecule has 3 rings (SSSR count). The molecule has 1 aromatic carbocycles. The van der Waals surface area contributed by atoms with Gasteiger partial charge in [-0.05, 0) is 83.2 Å². The number of primary amides is 1. The Morgan fingerprint density at radius 2 is 1.13 bits per heavy atom. The maximum Gasteiger partial charge on any atom is 0.329 e. The lowest BCUT2D eigenvalue weighted by molar-refractivity contribution is -0.157. The van der Waals surface area contributed by atoms with Crippen LogP contribution in [-0.2, 0) is 68.7 Å². The van der Waals surface area contributed by atoms with Crippen molar-refractivity contribution in [1.82, 2.24) is 63.8 Å². The Morgan fingerprint density at radius 3 is 1.62 bits per heavy atom. The third kappa shape index (κ3) is 21.9. The van der Waals surface area contributed by atoms with Crippen molar-refractivity contribution in [1.29, 1.82) is 0 Å². The summed E-state index contributed by atoms with van der Waals surface area (Å²) >= 11 is 0. The molecular weight excluding hydrogens is 1110 g/mol. The van der Waals surface area contributed by atoms with E-state index in [2.05, 4.69) is 68.8 Å². The van der Waals surface area contributed by atoms with Crippen LogP contribution in [-0.4, -0.2) is 169 Å². The molecule has 0 bridgehead atoms. The predicted octanol–water partition coefficient (Wildman–Crippen LogP) is -2.20. The van der Waals surface area contributed by atoms with Gasteiger partial charge < -0.3 is 80.0 Å². The topological polar surface area (TPSA) is 423 Å². The van der Waals surface area contributed by atoms with Crippen LogP contribution in [0.3, 0.4) is 0 Å². The van der Waals surface area contributed by atoms with E-state index in [1.165, 1.54) is 27.7 Å². The van der Waals surface area contributed by atoms with Crippen LogP contribution in [0, 0.1) is 23.7 Å². The minimum atomic E-state index is -1.65. The predicted molar refractivity (Wildman–Crippen MR) is 319 cm³/mol. The Kier molecular flexibility index (Phi) is 29.4. The van der Waals surface area contributed by atoms with Gasteiger partial charge in [0.2, 0.25) is 65.0 Å². The zero-order valence-electron chi connectivity index (χ0n) is 52.0. The molecule has 0 unspecified atom stereocenters. The van der Waals surface area contributed by atoms with Crippen molar-refractivity contribution in [2.24, 2.45) is 40.1 Å². The zero-order chi connectivity index (χ0) is 64.7. The van der Waals surface area contributed by atoms with E-state index in [1.807, 2.05) is 37.3 Å². The molecule has 480 valence electrons. The van der Waals surface area contributed by atoms with Crippen LogP contribution < -0.4 is 75.3 Å². The Labute approximate surface area is 504 Å². The molecule has 0 spiro atoms. The molecule has 0 saturated carbocycles. The first-order valence-corrected chi connectivity index (χ1v) is 29.8. The summed E-state index contributed by atoms with van der Waals surface area (Å²) in [5.74, 6) is -11.4. The molecule has 11 amide bonds. The molecule has 0 radical (unpaired) electrons. The van der Waals surface area contributed by atoms with Gasteiger partial charge in [0.1, 0.15) is 66.5 Å². The Balaban J connectivity index is 1.80. The standard InChI is InChI=1S/C58H95N15O13/c1-14-28(5)42(70-51(79)39(61-13)25-36-21-19-18-20-22-36)53(81)63-32(9)47(75)67-38(23-24-41(59)74)50(78)69-44(30(7)16-3)55(83)71-43(29(6)15-2)54(82)64-34(11)49(77)73-46-35(12)86-57(85)45(31(8)17-4)72-52(80)40(26-37-27-62-58(60)66-37)68-48(76)33(10)65-56(46)84/h18-22,28-35,37-40,42-46,61H,14-17,23-27H2,1-13H3,(H2,59,74)(H,63,81)(H,64,82)(H,65,84)(H,67,75)(H,68,76)(H,69,78)(H,70,79)(H,71,83)(H,72,80)(H,73,77)(H3,60,62,66)/t28-,29-,30-,31-,32-,33-,34-,35-,37-,38+,39+,40-,42-,43-,44+,45-,46+/m0/s1. The number of hydrogen-bond acceptors (Lipinski definition) is 17. The van der Waals surface area contributed by atoms with Crippen LogP contribution in [0.15, 0.2) is 35.3 Å². The number of nitrogens with two attached hydrogens (primary N) is 2. The summed E-state index contributed by atoms with van der Waals surface area (Å²) in [6.07, 6.45) is -0.156. The van der Waals surface area contributed by atoms with Gasteiger partial charge in [-0.2, -0.15) is 0 Å². The number of carbonyl (C=O) groups is 12. The quantitative estimate of drug-likeness (QED) is 0.0364. The molecule has 2 aliphatic rings. The highest BCUT2D eigenvalue weighted by Gasteiger charge is 2.41. The maximum atomic E-state index is 14.4. The molecular formula is C58H95N15O13. The molecule has 0 aromatic heterocycles. The average Bonchev–Trinajstić information content (AvgIpc) is 3.07. The second-order valence-electron chi connectivity index (χ2n) is 22.8. The van der Waals surface area contributed by atoms with Crippen LogP contribution in [0.1, 0.15) is 134 Å². The molecule has 1 fully saturated rings. The summed E-state index contributed by atoms with van der Waals surface area (Å²) in [5, 5.41) is 32.3. The number of nitrogens with one attached hydrogen (secondary N) is 12. The summed E-state index contributed by atoms with van der Waals surface area (Å²) in [5.41, 5.74) is 12.1. The lowest BCUT2D eigenvalue weighted by Gasteiger charge is -2.31. The minimum absolute atomic E-state index is 0.0191. The molecule has 1 aromatic rings. The number of benzene rings is 1. The van der Waals surface area contributed by atoms with E-state index >= 15 is 0 Å². The summed E-state index contributed by atoms with van der Waals surface area (Å²) in [7, 11) is 1.63. The van der Waals surface area contributed by atoms with E-state index in [0.29, 0.717) is 32.1 Å². The van der Waals surface area contributed by atoms with Crippen molar-refractivity contribution >= 4 is 76.9 Å². The molecule has 86 heavy (non-hydrogen) atoms. The largest absolute Gasteiger partial charge is 0.458 e. The smallest absolute Gasteiger partial charge is 0.329 e. The second-order valence-corrected chi connectivity index (χ2v) is 22.8. The minimum Gasteiger partial charge on any atom is -0.458 e. The molecule has 1 saturated heterocycles. The van der Waals surface area contributed by atoms with Crippen LogP contribution in [0.2, 0.25) is 0 Å². The highest BCUT2D eigenvalue weighted by atomic mass is 16.5. The highest BCUT2D eigenvalue weighted by molar-refractivity contribution is 5.99. The molecule has 2 aliphatic heterocycles. The van der Waals surface area contributed by atoms with Crippen molar-refractivity contribution in [2.45, 2.75) is 213 Å². The van der Waals surface area contributed by atoms with Crippen molar-refractivity contribution in [3.05, 3.63) is 35.9 Å². The highest BCUT2D eigenvalue weighted by Crippen LogP contribution is 2.18. The number of cyclic esters (lactones) is 1. The Bertz CT molecular complexity index is 2570. The lowest BCUT2D eigenvalue weighted by atomic mass is 9.94. The number of aliphatic imine (C=N–C) groups is 1. The van der Waals surface area contributed by atoms with Gasteiger partial charge in [0.15, 0.2) is 5.96 Å². The second kappa shape index (κ2) is 34.9. The number of hydrogen-bond donors (Lipinski definition) is 14. The fourth-order valence-electron chi connectivity index (χ4n) is 9.37. The number of ether oxygens (including phenoxy) is 1.